The third kappa shape index (κ3) is 3.81. The van der Waals surface area contributed by atoms with Crippen LogP contribution in [-0.2, 0) is 13.1 Å². The largest absolute Gasteiger partial charge is 0.493 e. The molecule has 0 radical (unpaired) electrons. The lowest BCUT2D eigenvalue weighted by Crippen LogP contribution is -2.32. The number of ketones is 1. The number of para-hydroxylation sites is 1. The van der Waals surface area contributed by atoms with Crippen LogP contribution in [-0.4, -0.2) is 36.6 Å². The molecule has 0 saturated carbocycles. The number of ether oxygens (including phenoxy) is 4. The van der Waals surface area contributed by atoms with E-state index in [9.17, 15) is 4.79 Å². The van der Waals surface area contributed by atoms with Crippen molar-refractivity contribution >= 4 is 11.9 Å². The normalized spacial score (nSPS) is 16.1. The molecule has 0 bridgehead atoms. The van der Waals surface area contributed by atoms with Gasteiger partial charge in [-0.05, 0) is 42.8 Å². The van der Waals surface area contributed by atoms with E-state index in [1.165, 1.54) is 0 Å². The van der Waals surface area contributed by atoms with Gasteiger partial charge >= 0.3 is 0 Å². The summed E-state index contributed by atoms with van der Waals surface area (Å²) >= 11 is 0. The Labute approximate surface area is 192 Å². The van der Waals surface area contributed by atoms with Crippen LogP contribution in [0.3, 0.4) is 0 Å². The molecule has 3 aromatic rings. The minimum absolute atomic E-state index is 0.160. The van der Waals surface area contributed by atoms with Gasteiger partial charge in [0.05, 0.1) is 19.8 Å². The van der Waals surface area contributed by atoms with Gasteiger partial charge in [0, 0.05) is 42.2 Å². The summed E-state index contributed by atoms with van der Waals surface area (Å²) in [6, 6.07) is 11.4. The standard InChI is InChI=1S/C26H24N2O5/c1-16-24-19(14-28(15-32-24)13-17-7-9-27-10-8-17)11-20-23(29)22(33-25(16)20)12-18-5-4-6-21(30-2)26(18)31-3/h4-12H,13-15H2,1-3H3/b22-12-. The first-order chi connectivity index (χ1) is 16.1. The lowest BCUT2D eigenvalue weighted by atomic mass is 9.99. The minimum atomic E-state index is -0.160. The first-order valence-electron chi connectivity index (χ1n) is 10.6. The highest BCUT2D eigenvalue weighted by molar-refractivity contribution is 6.15. The Balaban J connectivity index is 1.45. The van der Waals surface area contributed by atoms with Gasteiger partial charge in [-0.25, -0.2) is 0 Å². The van der Waals surface area contributed by atoms with Crippen molar-refractivity contribution in [1.82, 2.24) is 9.88 Å². The molecule has 3 heterocycles. The van der Waals surface area contributed by atoms with Gasteiger partial charge in [-0.3, -0.25) is 14.7 Å². The summed E-state index contributed by atoms with van der Waals surface area (Å²) in [7, 11) is 3.15. The van der Waals surface area contributed by atoms with E-state index in [0.29, 0.717) is 41.7 Å². The molecule has 0 amide bonds. The lowest BCUT2D eigenvalue weighted by Gasteiger charge is -2.30. The molecule has 2 aromatic carbocycles. The van der Waals surface area contributed by atoms with E-state index in [1.54, 1.807) is 38.8 Å². The monoisotopic (exact) mass is 444 g/mol. The number of nitrogens with zero attached hydrogens (tertiary/aromatic N) is 2. The molecule has 0 saturated heterocycles. The number of rotatable bonds is 5. The number of pyridine rings is 1. The molecule has 0 spiro atoms. The third-order valence-electron chi connectivity index (χ3n) is 5.88. The number of aromatic nitrogens is 1. The van der Waals surface area contributed by atoms with Crippen molar-refractivity contribution in [2.24, 2.45) is 0 Å². The lowest BCUT2D eigenvalue weighted by molar-refractivity contribution is 0.0876. The van der Waals surface area contributed by atoms with Crippen molar-refractivity contribution in [3.63, 3.8) is 0 Å². The zero-order chi connectivity index (χ0) is 22.9. The molecule has 0 fully saturated rings. The molecule has 7 heteroatoms. The van der Waals surface area contributed by atoms with E-state index in [4.69, 9.17) is 18.9 Å². The number of carbonyl (C=O) groups excluding carboxylic acids is 1. The number of Topliss-reactive ketones (excluding diaryl/α,β-unsaturated/α-hetero) is 1. The van der Waals surface area contributed by atoms with Gasteiger partial charge in [-0.1, -0.05) is 12.1 Å². The van der Waals surface area contributed by atoms with E-state index in [2.05, 4.69) is 9.88 Å². The SMILES string of the molecule is COc1cccc(/C=C2\Oc3c(cc4c(c3C)OCN(Cc3ccncc3)C4)C2=O)c1OC. The Morgan fingerprint density at radius 2 is 1.94 bits per heavy atom. The van der Waals surface area contributed by atoms with Crippen molar-refractivity contribution < 1.29 is 23.7 Å². The summed E-state index contributed by atoms with van der Waals surface area (Å²) in [5, 5.41) is 0. The maximum absolute atomic E-state index is 13.2. The molecular formula is C26H24N2O5. The van der Waals surface area contributed by atoms with Crippen LogP contribution in [0.2, 0.25) is 0 Å². The smallest absolute Gasteiger partial charge is 0.231 e. The summed E-state index contributed by atoms with van der Waals surface area (Å²) in [5.74, 6) is 2.56. The highest BCUT2D eigenvalue weighted by Gasteiger charge is 2.34. The highest BCUT2D eigenvalue weighted by atomic mass is 16.5. The number of fused-ring (bicyclic) bond motifs is 2. The molecular weight excluding hydrogens is 420 g/mol. The van der Waals surface area contributed by atoms with Crippen LogP contribution in [0, 0.1) is 6.92 Å². The zero-order valence-corrected chi connectivity index (χ0v) is 18.8. The molecule has 2 aliphatic rings. The van der Waals surface area contributed by atoms with Gasteiger partial charge in [0.1, 0.15) is 18.2 Å². The first kappa shape index (κ1) is 21.0. The molecule has 0 atom stereocenters. The summed E-state index contributed by atoms with van der Waals surface area (Å²) in [6.07, 6.45) is 5.26. The molecule has 0 N–H and O–H groups in total. The summed E-state index contributed by atoms with van der Waals surface area (Å²) in [5.41, 5.74) is 4.22. The second-order valence-corrected chi connectivity index (χ2v) is 8.00. The Morgan fingerprint density at radius 3 is 2.70 bits per heavy atom. The predicted molar refractivity (Wildman–Crippen MR) is 123 cm³/mol. The van der Waals surface area contributed by atoms with E-state index in [0.717, 1.165) is 29.0 Å². The molecule has 7 nitrogen and oxygen atoms in total. The van der Waals surface area contributed by atoms with Crippen LogP contribution in [0.15, 0.2) is 54.6 Å². The fourth-order valence-electron chi connectivity index (χ4n) is 4.31. The van der Waals surface area contributed by atoms with Gasteiger partial charge < -0.3 is 18.9 Å². The van der Waals surface area contributed by atoms with E-state index in [1.807, 2.05) is 37.3 Å². The highest BCUT2D eigenvalue weighted by Crippen LogP contribution is 2.44. The van der Waals surface area contributed by atoms with E-state index < -0.39 is 0 Å². The number of methoxy groups -OCH3 is 2. The summed E-state index contributed by atoms with van der Waals surface area (Å²) in [6.45, 7) is 3.82. The van der Waals surface area contributed by atoms with E-state index >= 15 is 0 Å². The van der Waals surface area contributed by atoms with Crippen LogP contribution in [0.25, 0.3) is 6.08 Å². The molecule has 2 aliphatic heterocycles. The van der Waals surface area contributed by atoms with Crippen LogP contribution in [0.1, 0.15) is 32.6 Å². The topological polar surface area (TPSA) is 70.1 Å². The zero-order valence-electron chi connectivity index (χ0n) is 18.8. The number of allylic oxidation sites excluding steroid dienone is 1. The van der Waals surface area contributed by atoms with Gasteiger partial charge in [0.15, 0.2) is 17.3 Å². The molecule has 1 aromatic heterocycles. The Bertz CT molecular complexity index is 1250. The summed E-state index contributed by atoms with van der Waals surface area (Å²) in [4.78, 5) is 19.5. The summed E-state index contributed by atoms with van der Waals surface area (Å²) < 4.78 is 23.0. The Kier molecular flexibility index (Phi) is 5.48. The quantitative estimate of drug-likeness (QED) is 0.541. The minimum Gasteiger partial charge on any atom is -0.493 e. The first-order valence-corrected chi connectivity index (χ1v) is 10.6. The fraction of sp³-hybridized carbons (Fsp3) is 0.231. The van der Waals surface area contributed by atoms with Crippen LogP contribution < -0.4 is 18.9 Å². The predicted octanol–water partition coefficient (Wildman–Crippen LogP) is 4.38. The van der Waals surface area contributed by atoms with Gasteiger partial charge in [-0.2, -0.15) is 0 Å². The number of hydrogen-bond acceptors (Lipinski definition) is 7. The van der Waals surface area contributed by atoms with Crippen molar-refractivity contribution in [2.45, 2.75) is 20.0 Å². The fourth-order valence-corrected chi connectivity index (χ4v) is 4.31. The van der Waals surface area contributed by atoms with Crippen molar-refractivity contribution in [1.29, 1.82) is 0 Å². The van der Waals surface area contributed by atoms with Gasteiger partial charge in [0.25, 0.3) is 0 Å². The number of hydrogen-bond donors (Lipinski definition) is 0. The molecule has 33 heavy (non-hydrogen) atoms. The third-order valence-corrected chi connectivity index (χ3v) is 5.88. The average molecular weight is 444 g/mol. The van der Waals surface area contributed by atoms with E-state index in [-0.39, 0.29) is 11.5 Å². The molecule has 168 valence electrons. The average Bonchev–Trinajstić information content (AvgIpc) is 3.15. The van der Waals surface area contributed by atoms with Gasteiger partial charge in [-0.15, -0.1) is 0 Å². The van der Waals surface area contributed by atoms with Crippen LogP contribution >= 0.6 is 0 Å². The maximum Gasteiger partial charge on any atom is 0.231 e. The second-order valence-electron chi connectivity index (χ2n) is 8.00. The second kappa shape index (κ2) is 8.60. The number of carbonyl (C=O) groups is 1. The van der Waals surface area contributed by atoms with Crippen molar-refractivity contribution in [3.8, 4) is 23.0 Å². The molecule has 0 aliphatic carbocycles. The van der Waals surface area contributed by atoms with Crippen molar-refractivity contribution in [3.05, 3.63) is 82.4 Å². The number of benzene rings is 2. The molecule has 0 unspecified atom stereocenters. The Hall–Kier alpha value is -3.84. The molecule has 5 rings (SSSR count). The van der Waals surface area contributed by atoms with Crippen LogP contribution in [0.5, 0.6) is 23.0 Å². The van der Waals surface area contributed by atoms with Crippen molar-refractivity contribution in [2.75, 3.05) is 21.0 Å². The maximum atomic E-state index is 13.2. The Morgan fingerprint density at radius 1 is 1.12 bits per heavy atom. The van der Waals surface area contributed by atoms with Crippen LogP contribution in [0.4, 0.5) is 0 Å². The van der Waals surface area contributed by atoms with Gasteiger partial charge in [0.2, 0.25) is 5.78 Å².